The van der Waals surface area contributed by atoms with E-state index in [2.05, 4.69) is 15.3 Å². The standard InChI is InChI=1S/C9H13N3O.ClH/c1-2-8(6-10-4-1)13-9-3-5-11-7-12-9;/h3,5,7-8,10H,1-2,4,6H2;1H/t8-;/m1./s1. The van der Waals surface area contributed by atoms with Crippen LogP contribution in [0.4, 0.5) is 0 Å². The van der Waals surface area contributed by atoms with Crippen LogP contribution in [-0.2, 0) is 0 Å². The number of hydrogen-bond acceptors (Lipinski definition) is 4. The van der Waals surface area contributed by atoms with Gasteiger partial charge in [0.05, 0.1) is 0 Å². The van der Waals surface area contributed by atoms with Crippen LogP contribution in [-0.4, -0.2) is 29.2 Å². The molecule has 0 amide bonds. The minimum absolute atomic E-state index is 0. The van der Waals surface area contributed by atoms with Crippen LogP contribution in [0.2, 0.25) is 0 Å². The summed E-state index contributed by atoms with van der Waals surface area (Å²) in [4.78, 5) is 7.84. The molecule has 5 heteroatoms. The Morgan fingerprint density at radius 3 is 3.07 bits per heavy atom. The van der Waals surface area contributed by atoms with E-state index < -0.39 is 0 Å². The molecule has 1 aromatic heterocycles. The van der Waals surface area contributed by atoms with Crippen molar-refractivity contribution in [3.05, 3.63) is 18.6 Å². The van der Waals surface area contributed by atoms with Gasteiger partial charge < -0.3 is 10.1 Å². The SMILES string of the molecule is Cl.c1cc(O[C@@H]2CCCNC2)ncn1. The minimum Gasteiger partial charge on any atom is -0.473 e. The molecule has 0 radical (unpaired) electrons. The third kappa shape index (κ3) is 3.12. The first-order valence-electron chi connectivity index (χ1n) is 4.58. The zero-order chi connectivity index (χ0) is 8.93. The van der Waals surface area contributed by atoms with Crippen molar-refractivity contribution in [3.8, 4) is 5.88 Å². The number of hydrogen-bond donors (Lipinski definition) is 1. The number of halogens is 1. The highest BCUT2D eigenvalue weighted by Crippen LogP contribution is 2.10. The molecule has 1 saturated heterocycles. The van der Waals surface area contributed by atoms with Gasteiger partial charge in [-0.1, -0.05) is 0 Å². The number of ether oxygens (including phenoxy) is 1. The van der Waals surface area contributed by atoms with E-state index >= 15 is 0 Å². The lowest BCUT2D eigenvalue weighted by Crippen LogP contribution is -2.37. The van der Waals surface area contributed by atoms with Crippen molar-refractivity contribution >= 4 is 12.4 Å². The van der Waals surface area contributed by atoms with Crippen LogP contribution in [0.15, 0.2) is 18.6 Å². The van der Waals surface area contributed by atoms with Gasteiger partial charge in [0.25, 0.3) is 0 Å². The second-order valence-electron chi connectivity index (χ2n) is 3.13. The summed E-state index contributed by atoms with van der Waals surface area (Å²) in [7, 11) is 0. The maximum Gasteiger partial charge on any atom is 0.216 e. The lowest BCUT2D eigenvalue weighted by atomic mass is 10.1. The van der Waals surface area contributed by atoms with E-state index in [4.69, 9.17) is 4.74 Å². The number of nitrogens with one attached hydrogen (secondary N) is 1. The van der Waals surface area contributed by atoms with Crippen LogP contribution in [0.25, 0.3) is 0 Å². The van der Waals surface area contributed by atoms with E-state index in [9.17, 15) is 0 Å². The first-order valence-corrected chi connectivity index (χ1v) is 4.58. The molecule has 1 atom stereocenters. The fourth-order valence-electron chi connectivity index (χ4n) is 1.44. The van der Waals surface area contributed by atoms with Gasteiger partial charge in [-0.25, -0.2) is 9.97 Å². The fourth-order valence-corrected chi connectivity index (χ4v) is 1.44. The second-order valence-corrected chi connectivity index (χ2v) is 3.13. The Hall–Kier alpha value is -0.870. The molecule has 1 aromatic rings. The van der Waals surface area contributed by atoms with Gasteiger partial charge in [0.2, 0.25) is 5.88 Å². The predicted molar refractivity (Wildman–Crippen MR) is 55.8 cm³/mol. The molecule has 0 saturated carbocycles. The van der Waals surface area contributed by atoms with E-state index in [0.717, 1.165) is 19.5 Å². The molecule has 1 fully saturated rings. The number of rotatable bonds is 2. The van der Waals surface area contributed by atoms with E-state index in [0.29, 0.717) is 5.88 Å². The molecule has 1 aliphatic rings. The highest BCUT2D eigenvalue weighted by molar-refractivity contribution is 5.85. The Bertz CT molecular complexity index is 251. The van der Waals surface area contributed by atoms with Gasteiger partial charge >= 0.3 is 0 Å². The molecule has 1 N–H and O–H groups in total. The summed E-state index contributed by atoms with van der Waals surface area (Å²) in [5, 5.41) is 3.29. The maximum atomic E-state index is 5.64. The van der Waals surface area contributed by atoms with Crippen LogP contribution < -0.4 is 10.1 Å². The van der Waals surface area contributed by atoms with Crippen molar-refractivity contribution in [1.82, 2.24) is 15.3 Å². The van der Waals surface area contributed by atoms with Gasteiger partial charge in [-0.3, -0.25) is 0 Å². The predicted octanol–water partition coefficient (Wildman–Crippen LogP) is 1.03. The zero-order valence-electron chi connectivity index (χ0n) is 7.85. The molecule has 2 heterocycles. The molecule has 0 unspecified atom stereocenters. The highest BCUT2D eigenvalue weighted by atomic mass is 35.5. The Balaban J connectivity index is 0.000000980. The van der Waals surface area contributed by atoms with Gasteiger partial charge in [0.15, 0.2) is 0 Å². The fraction of sp³-hybridized carbons (Fsp3) is 0.556. The lowest BCUT2D eigenvalue weighted by molar-refractivity contribution is 0.160. The molecular formula is C9H14ClN3O. The summed E-state index contributed by atoms with van der Waals surface area (Å²) in [6.07, 6.45) is 5.75. The molecule has 14 heavy (non-hydrogen) atoms. The van der Waals surface area contributed by atoms with Gasteiger partial charge in [-0.05, 0) is 19.4 Å². The van der Waals surface area contributed by atoms with Crippen LogP contribution >= 0.6 is 12.4 Å². The number of piperidine rings is 1. The average Bonchev–Trinajstić information content (AvgIpc) is 2.21. The van der Waals surface area contributed by atoms with Crippen molar-refractivity contribution < 1.29 is 4.74 Å². The summed E-state index contributed by atoms with van der Waals surface area (Å²) in [5.41, 5.74) is 0. The molecule has 1 aliphatic heterocycles. The first-order chi connectivity index (χ1) is 6.45. The highest BCUT2D eigenvalue weighted by Gasteiger charge is 2.14. The molecule has 0 bridgehead atoms. The summed E-state index contributed by atoms with van der Waals surface area (Å²) in [5.74, 6) is 0.670. The molecule has 4 nitrogen and oxygen atoms in total. The van der Waals surface area contributed by atoms with E-state index in [1.807, 2.05) is 0 Å². The molecule has 0 aliphatic carbocycles. The summed E-state index contributed by atoms with van der Waals surface area (Å²) >= 11 is 0. The Labute approximate surface area is 89.5 Å². The topological polar surface area (TPSA) is 47.0 Å². The first kappa shape index (κ1) is 11.2. The second kappa shape index (κ2) is 5.78. The van der Waals surface area contributed by atoms with Gasteiger partial charge in [-0.2, -0.15) is 0 Å². The minimum atomic E-state index is 0. The Morgan fingerprint density at radius 1 is 1.50 bits per heavy atom. The normalized spacial score (nSPS) is 21.0. The van der Waals surface area contributed by atoms with Crippen molar-refractivity contribution in [1.29, 1.82) is 0 Å². The zero-order valence-corrected chi connectivity index (χ0v) is 8.67. The van der Waals surface area contributed by atoms with Crippen LogP contribution in [0.5, 0.6) is 5.88 Å². The van der Waals surface area contributed by atoms with E-state index in [1.165, 1.54) is 12.7 Å². The Kier molecular flexibility index (Phi) is 4.62. The van der Waals surface area contributed by atoms with Crippen LogP contribution in [0, 0.1) is 0 Å². The molecular weight excluding hydrogens is 202 g/mol. The summed E-state index contributed by atoms with van der Waals surface area (Å²) < 4.78 is 5.64. The number of nitrogens with zero attached hydrogens (tertiary/aromatic N) is 2. The summed E-state index contributed by atoms with van der Waals surface area (Å²) in [6.45, 7) is 2.02. The molecule has 0 spiro atoms. The summed E-state index contributed by atoms with van der Waals surface area (Å²) in [6, 6.07) is 1.79. The van der Waals surface area contributed by atoms with Crippen molar-refractivity contribution in [2.75, 3.05) is 13.1 Å². The lowest BCUT2D eigenvalue weighted by Gasteiger charge is -2.22. The number of aromatic nitrogens is 2. The largest absolute Gasteiger partial charge is 0.473 e. The molecule has 78 valence electrons. The van der Waals surface area contributed by atoms with Crippen molar-refractivity contribution in [3.63, 3.8) is 0 Å². The van der Waals surface area contributed by atoms with Crippen molar-refractivity contribution in [2.45, 2.75) is 18.9 Å². The van der Waals surface area contributed by atoms with Gasteiger partial charge in [0, 0.05) is 18.8 Å². The third-order valence-electron chi connectivity index (χ3n) is 2.09. The van der Waals surface area contributed by atoms with Crippen molar-refractivity contribution in [2.24, 2.45) is 0 Å². The van der Waals surface area contributed by atoms with Gasteiger partial charge in [-0.15, -0.1) is 12.4 Å². The molecule has 0 aromatic carbocycles. The van der Waals surface area contributed by atoms with Gasteiger partial charge in [0.1, 0.15) is 12.4 Å². The van der Waals surface area contributed by atoms with E-state index in [-0.39, 0.29) is 18.5 Å². The Morgan fingerprint density at radius 2 is 2.43 bits per heavy atom. The monoisotopic (exact) mass is 215 g/mol. The van der Waals surface area contributed by atoms with Crippen LogP contribution in [0.3, 0.4) is 0 Å². The maximum absolute atomic E-state index is 5.64. The smallest absolute Gasteiger partial charge is 0.216 e. The van der Waals surface area contributed by atoms with Crippen LogP contribution in [0.1, 0.15) is 12.8 Å². The average molecular weight is 216 g/mol. The molecule has 2 rings (SSSR count). The van der Waals surface area contributed by atoms with E-state index in [1.54, 1.807) is 12.3 Å². The third-order valence-corrected chi connectivity index (χ3v) is 2.09. The quantitative estimate of drug-likeness (QED) is 0.801.